The van der Waals surface area contributed by atoms with Gasteiger partial charge in [-0.25, -0.2) is 0 Å². The molecule has 4 nitrogen and oxygen atoms in total. The second kappa shape index (κ2) is 7.93. The molecule has 0 unspecified atom stereocenters. The van der Waals surface area contributed by atoms with Crippen LogP contribution in [0.2, 0.25) is 19.6 Å². The fourth-order valence-corrected chi connectivity index (χ4v) is 3.77. The molecule has 1 saturated heterocycles. The molecule has 0 N–H and O–H groups in total. The number of rotatable bonds is 8. The van der Waals surface area contributed by atoms with Crippen LogP contribution in [0.5, 0.6) is 0 Å². The average molecular weight is 350 g/mol. The van der Waals surface area contributed by atoms with Crippen molar-refractivity contribution in [2.24, 2.45) is 0 Å². The maximum absolute atomic E-state index is 6.43. The lowest BCUT2D eigenvalue weighted by Crippen LogP contribution is -2.49. The molecular formula is C19H31NO3Si. The molecule has 1 aromatic carbocycles. The van der Waals surface area contributed by atoms with E-state index in [2.05, 4.69) is 55.5 Å². The van der Waals surface area contributed by atoms with Gasteiger partial charge in [0.15, 0.2) is 5.79 Å². The van der Waals surface area contributed by atoms with Crippen LogP contribution >= 0.6 is 0 Å². The van der Waals surface area contributed by atoms with Crippen LogP contribution in [0.15, 0.2) is 43.0 Å². The largest absolute Gasteiger partial charge is 0.348 e. The van der Waals surface area contributed by atoms with Crippen LogP contribution in [-0.2, 0) is 20.5 Å². The second-order valence-electron chi connectivity index (χ2n) is 7.72. The highest BCUT2D eigenvalue weighted by Gasteiger charge is 2.40. The summed E-state index contributed by atoms with van der Waals surface area (Å²) in [6, 6.07) is 10.5. The van der Waals surface area contributed by atoms with Gasteiger partial charge >= 0.3 is 0 Å². The van der Waals surface area contributed by atoms with E-state index in [9.17, 15) is 0 Å². The third kappa shape index (κ3) is 5.83. The molecule has 134 valence electrons. The van der Waals surface area contributed by atoms with E-state index in [0.717, 1.165) is 13.0 Å². The predicted molar refractivity (Wildman–Crippen MR) is 99.9 cm³/mol. The first kappa shape index (κ1) is 19.3. The van der Waals surface area contributed by atoms with E-state index < -0.39 is 14.1 Å². The highest BCUT2D eigenvalue weighted by Crippen LogP contribution is 2.29. The van der Waals surface area contributed by atoms with Crippen molar-refractivity contribution in [2.45, 2.75) is 64.4 Å². The highest BCUT2D eigenvalue weighted by atomic mass is 28.4. The molecule has 1 aliphatic rings. The first-order valence-electron chi connectivity index (χ1n) is 8.62. The van der Waals surface area contributed by atoms with Gasteiger partial charge in [0.05, 0.1) is 12.6 Å². The van der Waals surface area contributed by atoms with Gasteiger partial charge < -0.3 is 14.0 Å². The van der Waals surface area contributed by atoms with E-state index in [0.29, 0.717) is 6.61 Å². The Kier molecular flexibility index (Phi) is 6.39. The van der Waals surface area contributed by atoms with E-state index in [1.165, 1.54) is 5.56 Å². The van der Waals surface area contributed by atoms with Crippen LogP contribution in [0.4, 0.5) is 0 Å². The Balaban J connectivity index is 2.21. The van der Waals surface area contributed by atoms with E-state index >= 15 is 0 Å². The molecule has 5 heteroatoms. The summed E-state index contributed by atoms with van der Waals surface area (Å²) in [6.07, 6.45) is 2.70. The summed E-state index contributed by atoms with van der Waals surface area (Å²) < 4.78 is 18.3. The molecule has 1 aromatic rings. The van der Waals surface area contributed by atoms with Crippen molar-refractivity contribution in [1.82, 2.24) is 5.06 Å². The van der Waals surface area contributed by atoms with Crippen molar-refractivity contribution in [2.75, 3.05) is 6.61 Å². The standard InChI is InChI=1S/C19H31NO3Si/c1-7-11-17(18-15-21-19(2,3)22-18)20(23-24(4,5)6)14-16-12-9-8-10-13-16/h7-10,12-13,17-18H,1,11,14-15H2,2-6H3/t17-,18+/m0/s1. The minimum atomic E-state index is -1.76. The first-order valence-corrected chi connectivity index (χ1v) is 12.0. The molecule has 0 saturated carbocycles. The lowest BCUT2D eigenvalue weighted by atomic mass is 10.1. The summed E-state index contributed by atoms with van der Waals surface area (Å²) in [6.45, 7) is 15.7. The fraction of sp³-hybridized carbons (Fsp3) is 0.579. The molecule has 2 atom stereocenters. The molecule has 1 heterocycles. The zero-order chi connectivity index (χ0) is 17.8. The van der Waals surface area contributed by atoms with Crippen LogP contribution < -0.4 is 0 Å². The SMILES string of the molecule is C=CC[C@@H]([C@H]1COC(C)(C)O1)N(Cc1ccccc1)O[Si](C)(C)C. The number of benzene rings is 1. The number of hydrogen-bond donors (Lipinski definition) is 0. The van der Waals surface area contributed by atoms with Gasteiger partial charge in [-0.2, -0.15) is 5.06 Å². The van der Waals surface area contributed by atoms with Gasteiger partial charge in [-0.05, 0) is 45.5 Å². The first-order chi connectivity index (χ1) is 11.2. The molecule has 0 aliphatic carbocycles. The average Bonchev–Trinajstić information content (AvgIpc) is 2.83. The Hall–Kier alpha value is -0.983. The maximum Gasteiger partial charge on any atom is 0.212 e. The lowest BCUT2D eigenvalue weighted by molar-refractivity contribution is -0.178. The predicted octanol–water partition coefficient (Wildman–Crippen LogP) is 4.35. The zero-order valence-electron chi connectivity index (χ0n) is 15.6. The summed E-state index contributed by atoms with van der Waals surface area (Å²) >= 11 is 0. The Morgan fingerprint density at radius 2 is 2.00 bits per heavy atom. The zero-order valence-corrected chi connectivity index (χ0v) is 16.6. The van der Waals surface area contributed by atoms with Crippen molar-refractivity contribution in [3.63, 3.8) is 0 Å². The monoisotopic (exact) mass is 349 g/mol. The van der Waals surface area contributed by atoms with E-state index in [4.69, 9.17) is 14.0 Å². The third-order valence-electron chi connectivity index (χ3n) is 3.81. The minimum absolute atomic E-state index is 0.0296. The smallest absolute Gasteiger partial charge is 0.212 e. The molecule has 2 rings (SSSR count). The van der Waals surface area contributed by atoms with Gasteiger partial charge in [-0.15, -0.1) is 6.58 Å². The molecule has 0 bridgehead atoms. The van der Waals surface area contributed by atoms with Crippen molar-refractivity contribution in [3.05, 3.63) is 48.6 Å². The van der Waals surface area contributed by atoms with Crippen molar-refractivity contribution >= 4 is 8.32 Å². The van der Waals surface area contributed by atoms with Crippen LogP contribution in [0.25, 0.3) is 0 Å². The lowest BCUT2D eigenvalue weighted by Gasteiger charge is -2.37. The molecule has 0 spiro atoms. The molecule has 1 aliphatic heterocycles. The molecule has 0 amide bonds. The maximum atomic E-state index is 6.43. The number of hydrogen-bond acceptors (Lipinski definition) is 4. The highest BCUT2D eigenvalue weighted by molar-refractivity contribution is 6.69. The Bertz CT molecular complexity index is 527. The Morgan fingerprint density at radius 3 is 2.50 bits per heavy atom. The van der Waals surface area contributed by atoms with Gasteiger partial charge in [0.25, 0.3) is 0 Å². The van der Waals surface area contributed by atoms with Crippen molar-refractivity contribution in [1.29, 1.82) is 0 Å². The Labute approximate surface area is 147 Å². The van der Waals surface area contributed by atoms with E-state index in [1.54, 1.807) is 0 Å². The van der Waals surface area contributed by atoms with Gasteiger partial charge in [-0.1, -0.05) is 36.4 Å². The molecule has 24 heavy (non-hydrogen) atoms. The fourth-order valence-electron chi connectivity index (χ4n) is 2.86. The summed E-state index contributed by atoms with van der Waals surface area (Å²) in [7, 11) is -1.76. The van der Waals surface area contributed by atoms with Crippen molar-refractivity contribution in [3.8, 4) is 0 Å². The number of nitrogens with zero attached hydrogens (tertiary/aromatic N) is 1. The normalized spacial score (nSPS) is 21.8. The quantitative estimate of drug-likeness (QED) is 0.397. The molecular weight excluding hydrogens is 318 g/mol. The van der Waals surface area contributed by atoms with Crippen LogP contribution in [0.1, 0.15) is 25.8 Å². The van der Waals surface area contributed by atoms with E-state index in [-0.39, 0.29) is 12.1 Å². The number of ether oxygens (including phenoxy) is 2. The summed E-state index contributed by atoms with van der Waals surface area (Å²) in [5, 5.41) is 2.10. The van der Waals surface area contributed by atoms with Gasteiger partial charge in [0.2, 0.25) is 8.32 Å². The summed E-state index contributed by atoms with van der Waals surface area (Å²) in [5.74, 6) is -0.540. The molecule has 0 aromatic heterocycles. The van der Waals surface area contributed by atoms with Crippen LogP contribution in [0, 0.1) is 0 Å². The topological polar surface area (TPSA) is 30.9 Å². The molecule has 1 fully saturated rings. The van der Waals surface area contributed by atoms with Crippen molar-refractivity contribution < 1.29 is 14.0 Å². The summed E-state index contributed by atoms with van der Waals surface area (Å²) in [4.78, 5) is 0. The molecule has 0 radical (unpaired) electrons. The van der Waals surface area contributed by atoms with Gasteiger partial charge in [0.1, 0.15) is 6.10 Å². The number of hydroxylamine groups is 2. The second-order valence-corrected chi connectivity index (χ2v) is 12.1. The van der Waals surface area contributed by atoms with Gasteiger partial charge in [0, 0.05) is 6.54 Å². The van der Waals surface area contributed by atoms with Gasteiger partial charge in [-0.3, -0.25) is 0 Å². The van der Waals surface area contributed by atoms with Crippen LogP contribution in [0.3, 0.4) is 0 Å². The third-order valence-corrected chi connectivity index (χ3v) is 4.59. The summed E-state index contributed by atoms with van der Waals surface area (Å²) in [5.41, 5.74) is 1.22. The Morgan fingerprint density at radius 1 is 1.33 bits per heavy atom. The minimum Gasteiger partial charge on any atom is -0.348 e. The van der Waals surface area contributed by atoms with E-state index in [1.807, 2.05) is 26.0 Å². The van der Waals surface area contributed by atoms with Crippen LogP contribution in [-0.4, -0.2) is 37.9 Å².